The van der Waals surface area contributed by atoms with Crippen LogP contribution in [-0.4, -0.2) is 4.98 Å². The molecular weight excluding hydrogens is 225 g/mol. The molecule has 2 heteroatoms. The zero-order valence-corrected chi connectivity index (χ0v) is 10.2. The summed E-state index contributed by atoms with van der Waals surface area (Å²) in [6.45, 7) is 2.14. The minimum absolute atomic E-state index is 0.201. The van der Waals surface area contributed by atoms with E-state index in [1.165, 1.54) is 23.1 Å². The Morgan fingerprint density at radius 2 is 1.72 bits per heavy atom. The van der Waals surface area contributed by atoms with Crippen LogP contribution in [0.2, 0.25) is 0 Å². The molecule has 0 saturated heterocycles. The maximum Gasteiger partial charge on any atom is 0.123 e. The Labute approximate surface area is 105 Å². The topological polar surface area (TPSA) is 15.8 Å². The van der Waals surface area contributed by atoms with E-state index in [1.807, 2.05) is 24.3 Å². The van der Waals surface area contributed by atoms with Crippen LogP contribution in [-0.2, 0) is 6.42 Å². The molecule has 1 nitrogen and oxygen atoms in total. The van der Waals surface area contributed by atoms with Crippen LogP contribution in [0.1, 0.15) is 12.5 Å². The molecule has 18 heavy (non-hydrogen) atoms. The first kappa shape index (κ1) is 11.0. The van der Waals surface area contributed by atoms with Crippen LogP contribution in [0.3, 0.4) is 0 Å². The number of rotatable bonds is 2. The number of aryl methyl sites for hydroxylation is 1. The summed E-state index contributed by atoms with van der Waals surface area (Å²) in [5.74, 6) is -0.201. The van der Waals surface area contributed by atoms with Crippen molar-refractivity contribution in [1.29, 1.82) is 0 Å². The molecule has 0 aliphatic heterocycles. The lowest BCUT2D eigenvalue weighted by Crippen LogP contribution is -1.85. The van der Waals surface area contributed by atoms with Crippen LogP contribution in [0.25, 0.3) is 22.2 Å². The van der Waals surface area contributed by atoms with Crippen LogP contribution in [0.5, 0.6) is 0 Å². The Balaban J connectivity index is 2.25. The molecule has 0 aliphatic rings. The fourth-order valence-electron chi connectivity index (χ4n) is 2.43. The number of hydrogen-bond donors (Lipinski definition) is 1. The first-order chi connectivity index (χ1) is 8.79. The molecule has 3 rings (SSSR count). The predicted molar refractivity (Wildman–Crippen MR) is 73.1 cm³/mol. The van der Waals surface area contributed by atoms with Gasteiger partial charge in [-0.3, -0.25) is 0 Å². The van der Waals surface area contributed by atoms with E-state index in [1.54, 1.807) is 0 Å². The summed E-state index contributed by atoms with van der Waals surface area (Å²) in [7, 11) is 0. The largest absolute Gasteiger partial charge is 0.354 e. The number of benzene rings is 2. The van der Waals surface area contributed by atoms with Gasteiger partial charge in [0.1, 0.15) is 5.82 Å². The molecule has 2 aromatic carbocycles. The molecule has 1 aromatic heterocycles. The molecule has 0 spiro atoms. The third-order valence-electron chi connectivity index (χ3n) is 3.30. The van der Waals surface area contributed by atoms with Gasteiger partial charge in [0.2, 0.25) is 0 Å². The van der Waals surface area contributed by atoms with Crippen LogP contribution in [0, 0.1) is 5.82 Å². The molecule has 0 radical (unpaired) electrons. The molecule has 0 aliphatic carbocycles. The number of nitrogens with one attached hydrogen (secondary N) is 1. The van der Waals surface area contributed by atoms with Gasteiger partial charge in [0.05, 0.1) is 0 Å². The third kappa shape index (κ3) is 1.70. The summed E-state index contributed by atoms with van der Waals surface area (Å²) < 4.78 is 13.0. The summed E-state index contributed by atoms with van der Waals surface area (Å²) in [6.07, 6.45) is 0.955. The number of aromatic nitrogens is 1. The molecule has 90 valence electrons. The Morgan fingerprint density at radius 3 is 2.44 bits per heavy atom. The molecular formula is C16H14FN. The highest BCUT2D eigenvalue weighted by atomic mass is 19.1. The van der Waals surface area contributed by atoms with E-state index in [4.69, 9.17) is 0 Å². The van der Waals surface area contributed by atoms with Crippen molar-refractivity contribution in [2.45, 2.75) is 13.3 Å². The zero-order chi connectivity index (χ0) is 12.5. The summed E-state index contributed by atoms with van der Waals surface area (Å²) in [5.41, 5.74) is 4.55. The van der Waals surface area contributed by atoms with Gasteiger partial charge in [-0.25, -0.2) is 4.39 Å². The van der Waals surface area contributed by atoms with Gasteiger partial charge in [0.15, 0.2) is 0 Å². The first-order valence-corrected chi connectivity index (χ1v) is 6.15. The molecule has 1 heterocycles. The lowest BCUT2D eigenvalue weighted by molar-refractivity contribution is 0.628. The van der Waals surface area contributed by atoms with Gasteiger partial charge >= 0.3 is 0 Å². The van der Waals surface area contributed by atoms with Gasteiger partial charge in [-0.15, -0.1) is 0 Å². The Kier molecular flexibility index (Phi) is 2.63. The van der Waals surface area contributed by atoms with E-state index in [2.05, 4.69) is 24.0 Å². The average molecular weight is 239 g/mol. The minimum Gasteiger partial charge on any atom is -0.354 e. The Hall–Kier alpha value is -2.09. The van der Waals surface area contributed by atoms with Gasteiger partial charge in [0.25, 0.3) is 0 Å². The van der Waals surface area contributed by atoms with Crippen LogP contribution in [0.15, 0.2) is 48.5 Å². The Bertz CT molecular complexity index is 680. The molecule has 0 atom stereocenters. The zero-order valence-electron chi connectivity index (χ0n) is 10.2. The van der Waals surface area contributed by atoms with Gasteiger partial charge in [0, 0.05) is 16.6 Å². The average Bonchev–Trinajstić information content (AvgIpc) is 2.78. The van der Waals surface area contributed by atoms with E-state index in [0.29, 0.717) is 0 Å². The molecule has 0 saturated carbocycles. The lowest BCUT2D eigenvalue weighted by Gasteiger charge is -2.02. The summed E-state index contributed by atoms with van der Waals surface area (Å²) in [5, 5.41) is 1.25. The number of aromatic amines is 1. The number of H-pyrrole nitrogens is 1. The highest BCUT2D eigenvalue weighted by Crippen LogP contribution is 2.30. The van der Waals surface area contributed by atoms with E-state index >= 15 is 0 Å². The standard InChI is InChI=1S/C16H14FN/c1-2-13-14-5-3-4-6-15(14)18-16(13)11-7-9-12(17)10-8-11/h3-10,18H,2H2,1H3. The molecule has 0 fully saturated rings. The van der Waals surface area contributed by atoms with Crippen molar-refractivity contribution in [3.05, 3.63) is 59.9 Å². The summed E-state index contributed by atoms with van der Waals surface area (Å²) in [4.78, 5) is 3.43. The number of fused-ring (bicyclic) bond motifs is 1. The maximum atomic E-state index is 13.0. The smallest absolute Gasteiger partial charge is 0.123 e. The third-order valence-corrected chi connectivity index (χ3v) is 3.30. The molecule has 0 bridgehead atoms. The highest BCUT2D eigenvalue weighted by Gasteiger charge is 2.10. The minimum atomic E-state index is -0.201. The van der Waals surface area contributed by atoms with Crippen molar-refractivity contribution >= 4 is 10.9 Å². The molecule has 1 N–H and O–H groups in total. The summed E-state index contributed by atoms with van der Waals surface area (Å²) >= 11 is 0. The van der Waals surface area contributed by atoms with Crippen LogP contribution >= 0.6 is 0 Å². The van der Waals surface area contributed by atoms with Crippen molar-refractivity contribution in [3.8, 4) is 11.3 Å². The monoisotopic (exact) mass is 239 g/mol. The van der Waals surface area contributed by atoms with Gasteiger partial charge < -0.3 is 4.98 Å². The van der Waals surface area contributed by atoms with Gasteiger partial charge in [-0.05, 0) is 47.9 Å². The van der Waals surface area contributed by atoms with E-state index in [-0.39, 0.29) is 5.82 Å². The second kappa shape index (κ2) is 4.30. The van der Waals surface area contributed by atoms with E-state index < -0.39 is 0 Å². The SMILES string of the molecule is CCc1c(-c2ccc(F)cc2)[nH]c2ccccc12. The van der Waals surface area contributed by atoms with E-state index in [9.17, 15) is 4.39 Å². The maximum absolute atomic E-state index is 13.0. The highest BCUT2D eigenvalue weighted by molar-refractivity contribution is 5.90. The van der Waals surface area contributed by atoms with Crippen LogP contribution < -0.4 is 0 Å². The molecule has 3 aromatic rings. The van der Waals surface area contributed by atoms with Crippen LogP contribution in [0.4, 0.5) is 4.39 Å². The van der Waals surface area contributed by atoms with Gasteiger partial charge in [-0.1, -0.05) is 25.1 Å². The lowest BCUT2D eigenvalue weighted by atomic mass is 10.0. The van der Waals surface area contributed by atoms with Crippen molar-refractivity contribution in [3.63, 3.8) is 0 Å². The molecule has 0 amide bonds. The fourth-order valence-corrected chi connectivity index (χ4v) is 2.43. The van der Waals surface area contributed by atoms with Crippen molar-refractivity contribution in [1.82, 2.24) is 4.98 Å². The quantitative estimate of drug-likeness (QED) is 0.676. The van der Waals surface area contributed by atoms with Crippen molar-refractivity contribution < 1.29 is 4.39 Å². The van der Waals surface area contributed by atoms with Gasteiger partial charge in [-0.2, -0.15) is 0 Å². The second-order valence-corrected chi connectivity index (χ2v) is 4.38. The first-order valence-electron chi connectivity index (χ1n) is 6.15. The predicted octanol–water partition coefficient (Wildman–Crippen LogP) is 4.54. The Morgan fingerprint density at radius 1 is 1.00 bits per heavy atom. The van der Waals surface area contributed by atoms with E-state index in [0.717, 1.165) is 23.2 Å². The number of halogens is 1. The van der Waals surface area contributed by atoms with Crippen molar-refractivity contribution in [2.24, 2.45) is 0 Å². The number of para-hydroxylation sites is 1. The molecule has 0 unspecified atom stereocenters. The fraction of sp³-hybridized carbons (Fsp3) is 0.125. The number of hydrogen-bond acceptors (Lipinski definition) is 0. The second-order valence-electron chi connectivity index (χ2n) is 4.38. The van der Waals surface area contributed by atoms with Crippen molar-refractivity contribution in [2.75, 3.05) is 0 Å². The summed E-state index contributed by atoms with van der Waals surface area (Å²) in [6, 6.07) is 14.9. The normalized spacial score (nSPS) is 11.0.